The summed E-state index contributed by atoms with van der Waals surface area (Å²) in [7, 11) is 0. The minimum atomic E-state index is -1.04. The molecule has 3 rings (SSSR count). The Balaban J connectivity index is 1.97. The molecule has 0 radical (unpaired) electrons. The number of carboxylic acid groups (broad SMARTS) is 1. The number of hydrogen-bond acceptors (Lipinski definition) is 3. The van der Waals surface area contributed by atoms with Gasteiger partial charge in [0.2, 0.25) is 0 Å². The third-order valence-electron chi connectivity index (χ3n) is 5.79. The molecule has 18 heavy (non-hydrogen) atoms. The summed E-state index contributed by atoms with van der Waals surface area (Å²) in [6.45, 7) is 6.46. The molecule has 4 unspecified atom stereocenters. The van der Waals surface area contributed by atoms with E-state index in [1.165, 1.54) is 0 Å². The van der Waals surface area contributed by atoms with Gasteiger partial charge < -0.3 is 9.84 Å². The first-order chi connectivity index (χ1) is 8.35. The summed E-state index contributed by atoms with van der Waals surface area (Å²) >= 11 is 0. The van der Waals surface area contributed by atoms with E-state index in [2.05, 4.69) is 20.8 Å². The number of fused-ring (bicyclic) bond motifs is 2. The summed E-state index contributed by atoms with van der Waals surface area (Å²) < 4.78 is 5.67. The van der Waals surface area contributed by atoms with Gasteiger partial charge in [-0.1, -0.05) is 27.2 Å². The molecule has 3 aliphatic rings. The van der Waals surface area contributed by atoms with Crippen LogP contribution in [0, 0.1) is 29.1 Å². The van der Waals surface area contributed by atoms with E-state index < -0.39 is 23.5 Å². The Bertz CT molecular complexity index is 428. The quantitative estimate of drug-likeness (QED) is 0.603. The van der Waals surface area contributed by atoms with Gasteiger partial charge in [-0.3, -0.25) is 9.59 Å². The molecule has 1 N–H and O–H groups in total. The second-order valence-corrected chi connectivity index (χ2v) is 6.65. The summed E-state index contributed by atoms with van der Waals surface area (Å²) in [6, 6.07) is 0. The van der Waals surface area contributed by atoms with Gasteiger partial charge in [0.25, 0.3) is 0 Å². The summed E-state index contributed by atoms with van der Waals surface area (Å²) in [5.74, 6) is -0.956. The Labute approximate surface area is 107 Å². The molecule has 0 aromatic rings. The maximum absolute atomic E-state index is 11.8. The molecule has 4 nitrogen and oxygen atoms in total. The van der Waals surface area contributed by atoms with Crippen molar-refractivity contribution in [3.63, 3.8) is 0 Å². The first-order valence-corrected chi connectivity index (χ1v) is 6.81. The van der Waals surface area contributed by atoms with Crippen LogP contribution in [0.2, 0.25) is 0 Å². The lowest BCUT2D eigenvalue weighted by molar-refractivity contribution is -0.164. The monoisotopic (exact) mass is 252 g/mol. The average molecular weight is 252 g/mol. The molecule has 1 aliphatic heterocycles. The SMILES string of the molecule is CCC1C2CC2[C@@]2(CC(C(=O)O)C(=O)O2)C1(C)C. The lowest BCUT2D eigenvalue weighted by Crippen LogP contribution is -2.46. The van der Waals surface area contributed by atoms with Crippen LogP contribution in [0.5, 0.6) is 0 Å². The van der Waals surface area contributed by atoms with Crippen LogP contribution in [-0.4, -0.2) is 22.6 Å². The highest BCUT2D eigenvalue weighted by atomic mass is 16.6. The van der Waals surface area contributed by atoms with Gasteiger partial charge in [0.15, 0.2) is 5.92 Å². The maximum atomic E-state index is 11.8. The van der Waals surface area contributed by atoms with Crippen LogP contribution in [0.4, 0.5) is 0 Å². The molecule has 4 heteroatoms. The topological polar surface area (TPSA) is 63.6 Å². The van der Waals surface area contributed by atoms with Crippen molar-refractivity contribution in [3.05, 3.63) is 0 Å². The van der Waals surface area contributed by atoms with E-state index in [0.29, 0.717) is 24.2 Å². The van der Waals surface area contributed by atoms with Crippen LogP contribution < -0.4 is 0 Å². The van der Waals surface area contributed by atoms with E-state index in [-0.39, 0.29) is 5.41 Å². The number of hydrogen-bond donors (Lipinski definition) is 1. The van der Waals surface area contributed by atoms with Gasteiger partial charge in [-0.2, -0.15) is 0 Å². The summed E-state index contributed by atoms with van der Waals surface area (Å²) in [5, 5.41) is 9.12. The van der Waals surface area contributed by atoms with Crippen molar-refractivity contribution in [1.82, 2.24) is 0 Å². The standard InChI is InChI=1S/C14H20O4/c1-4-9-7-5-10(7)14(13(9,2)3)6-8(11(15)16)12(17)18-14/h7-10H,4-6H2,1-3H3,(H,15,16)/t7?,8?,9?,10?,14-/m0/s1. The van der Waals surface area contributed by atoms with E-state index in [1.807, 2.05) is 0 Å². The fourth-order valence-corrected chi connectivity index (χ4v) is 4.82. The number of carbonyl (C=O) groups is 2. The lowest BCUT2D eigenvalue weighted by Gasteiger charge is -2.43. The normalized spacial score (nSPS) is 48.1. The van der Waals surface area contributed by atoms with E-state index in [9.17, 15) is 9.59 Å². The summed E-state index contributed by atoms with van der Waals surface area (Å²) in [6.07, 6.45) is 2.54. The number of aliphatic carboxylic acids is 1. The highest BCUT2D eigenvalue weighted by Crippen LogP contribution is 2.73. The number of esters is 1. The van der Waals surface area contributed by atoms with Crippen molar-refractivity contribution in [2.45, 2.75) is 45.6 Å². The first kappa shape index (κ1) is 12.0. The van der Waals surface area contributed by atoms with Crippen LogP contribution >= 0.6 is 0 Å². The second-order valence-electron chi connectivity index (χ2n) is 6.65. The van der Waals surface area contributed by atoms with Crippen molar-refractivity contribution >= 4 is 11.9 Å². The smallest absolute Gasteiger partial charge is 0.321 e. The number of ether oxygens (including phenoxy) is 1. The fraction of sp³-hybridized carbons (Fsp3) is 0.857. The molecule has 0 aromatic carbocycles. The van der Waals surface area contributed by atoms with E-state index in [0.717, 1.165) is 12.8 Å². The Morgan fingerprint density at radius 1 is 1.50 bits per heavy atom. The molecule has 2 saturated carbocycles. The lowest BCUT2D eigenvalue weighted by atomic mass is 9.66. The van der Waals surface area contributed by atoms with Crippen LogP contribution in [0.15, 0.2) is 0 Å². The average Bonchev–Trinajstić information content (AvgIpc) is 2.91. The van der Waals surface area contributed by atoms with Crippen LogP contribution in [0.3, 0.4) is 0 Å². The van der Waals surface area contributed by atoms with Crippen molar-refractivity contribution in [3.8, 4) is 0 Å². The summed E-state index contributed by atoms with van der Waals surface area (Å²) in [5.41, 5.74) is -0.617. The molecule has 1 saturated heterocycles. The Morgan fingerprint density at radius 3 is 2.61 bits per heavy atom. The van der Waals surface area contributed by atoms with Gasteiger partial charge >= 0.3 is 11.9 Å². The predicted octanol–water partition coefficient (Wildman–Crippen LogP) is 2.08. The molecule has 1 spiro atoms. The van der Waals surface area contributed by atoms with Gasteiger partial charge in [-0.05, 0) is 18.3 Å². The zero-order valence-electron chi connectivity index (χ0n) is 11.1. The molecule has 0 bridgehead atoms. The largest absolute Gasteiger partial charge is 0.481 e. The number of rotatable bonds is 2. The minimum absolute atomic E-state index is 0.102. The van der Waals surface area contributed by atoms with Crippen LogP contribution in [0.1, 0.15) is 40.0 Å². The Morgan fingerprint density at radius 2 is 2.17 bits per heavy atom. The van der Waals surface area contributed by atoms with E-state index in [1.54, 1.807) is 0 Å². The van der Waals surface area contributed by atoms with Gasteiger partial charge in [-0.15, -0.1) is 0 Å². The third kappa shape index (κ3) is 1.16. The Kier molecular flexibility index (Phi) is 2.19. The van der Waals surface area contributed by atoms with Crippen molar-refractivity contribution < 1.29 is 19.4 Å². The van der Waals surface area contributed by atoms with Crippen LogP contribution in [-0.2, 0) is 14.3 Å². The van der Waals surface area contributed by atoms with Gasteiger partial charge in [0.05, 0.1) is 0 Å². The number of carbonyl (C=O) groups excluding carboxylic acids is 1. The van der Waals surface area contributed by atoms with Crippen LogP contribution in [0.25, 0.3) is 0 Å². The highest BCUT2D eigenvalue weighted by molar-refractivity contribution is 5.95. The predicted molar refractivity (Wildman–Crippen MR) is 63.7 cm³/mol. The molecule has 100 valence electrons. The molecule has 2 aliphatic carbocycles. The van der Waals surface area contributed by atoms with E-state index >= 15 is 0 Å². The molecule has 0 aromatic heterocycles. The zero-order valence-corrected chi connectivity index (χ0v) is 11.1. The minimum Gasteiger partial charge on any atom is -0.481 e. The van der Waals surface area contributed by atoms with Crippen molar-refractivity contribution in [1.29, 1.82) is 0 Å². The summed E-state index contributed by atoms with van der Waals surface area (Å²) in [4.78, 5) is 23.0. The highest BCUT2D eigenvalue weighted by Gasteiger charge is 2.76. The first-order valence-electron chi connectivity index (χ1n) is 6.81. The van der Waals surface area contributed by atoms with Gasteiger partial charge in [-0.25, -0.2) is 0 Å². The molecule has 5 atom stereocenters. The van der Waals surface area contributed by atoms with Crippen molar-refractivity contribution in [2.24, 2.45) is 29.1 Å². The molecule has 3 fully saturated rings. The maximum Gasteiger partial charge on any atom is 0.321 e. The zero-order chi connectivity index (χ0) is 13.3. The Hall–Kier alpha value is -1.06. The molecule has 0 amide bonds. The van der Waals surface area contributed by atoms with Crippen molar-refractivity contribution in [2.75, 3.05) is 0 Å². The number of carboxylic acids is 1. The fourth-order valence-electron chi connectivity index (χ4n) is 4.82. The third-order valence-corrected chi connectivity index (χ3v) is 5.79. The molecular formula is C14H20O4. The second kappa shape index (κ2) is 3.28. The van der Waals surface area contributed by atoms with Gasteiger partial charge in [0.1, 0.15) is 5.60 Å². The molecular weight excluding hydrogens is 232 g/mol. The molecule has 1 heterocycles. The van der Waals surface area contributed by atoms with Gasteiger partial charge in [0, 0.05) is 17.8 Å². The van der Waals surface area contributed by atoms with E-state index in [4.69, 9.17) is 9.84 Å².